The highest BCUT2D eigenvalue weighted by molar-refractivity contribution is 5.95. The number of benzene rings is 1. The smallest absolute Gasteiger partial charge is 0.419 e. The molecule has 4 rings (SSSR count). The molecule has 27 heavy (non-hydrogen) atoms. The molecule has 0 saturated carbocycles. The number of rotatable bonds is 1. The number of amides is 1. The Bertz CT molecular complexity index is 799. The van der Waals surface area contributed by atoms with Gasteiger partial charge < -0.3 is 18.9 Å². The number of allylic oxidation sites excluding steroid dienone is 1. The van der Waals surface area contributed by atoms with Crippen LogP contribution in [0.5, 0.6) is 5.75 Å². The summed E-state index contributed by atoms with van der Waals surface area (Å²) in [6, 6.07) is 7.46. The summed E-state index contributed by atoms with van der Waals surface area (Å²) in [5.41, 5.74) is 1.82. The molecule has 0 radical (unpaired) electrons. The van der Waals surface area contributed by atoms with Gasteiger partial charge in [-0.1, -0.05) is 18.2 Å². The summed E-state index contributed by atoms with van der Waals surface area (Å²) in [7, 11) is 0. The molecular weight excluding hydrogens is 346 g/mol. The molecule has 3 aliphatic rings. The highest BCUT2D eigenvalue weighted by Gasteiger charge is 2.40. The summed E-state index contributed by atoms with van der Waals surface area (Å²) in [6.45, 7) is 6.84. The number of carbonyl (C=O) groups excluding carboxylic acids is 1. The zero-order chi connectivity index (χ0) is 19.1. The minimum Gasteiger partial charge on any atom is -0.461 e. The van der Waals surface area contributed by atoms with Gasteiger partial charge >= 0.3 is 6.09 Å². The number of hydrogen-bond donors (Lipinski definition) is 0. The molecule has 0 atom stereocenters. The minimum atomic E-state index is -0.591. The molecule has 2 aliphatic heterocycles. The fourth-order valence-electron chi connectivity index (χ4n) is 3.57. The molecule has 1 aliphatic carbocycles. The third-order valence-electron chi connectivity index (χ3n) is 4.80. The van der Waals surface area contributed by atoms with Crippen molar-refractivity contribution < 1.29 is 23.7 Å². The maximum absolute atomic E-state index is 13.0. The summed E-state index contributed by atoms with van der Waals surface area (Å²) in [5, 5.41) is 0. The third kappa shape index (κ3) is 3.59. The number of nitrogens with zero attached hydrogens (tertiary/aromatic N) is 1. The monoisotopic (exact) mass is 371 g/mol. The number of fused-ring (bicyclic) bond motifs is 1. The molecule has 1 aromatic carbocycles. The summed E-state index contributed by atoms with van der Waals surface area (Å²) in [6.07, 6.45) is 5.43. The van der Waals surface area contributed by atoms with Crippen LogP contribution in [-0.2, 0) is 14.2 Å². The standard InChI is InChI=1S/C21H25NO5/c1-20(2,3)27-19(23)22-16-6-4-5-7-18(16)24-14-17(22)15-8-10-21(11-9-15)25-12-13-26-21/h4-8,14H,9-13H2,1-3H3. The lowest BCUT2D eigenvalue weighted by atomic mass is 9.91. The SMILES string of the molecule is CC(C)(C)OC(=O)N1C(C2=CCC3(CC2)OCCO3)=COc2ccccc21. The number of carbonyl (C=O) groups is 1. The Morgan fingerprint density at radius 3 is 2.59 bits per heavy atom. The maximum atomic E-state index is 13.0. The van der Waals surface area contributed by atoms with Gasteiger partial charge in [-0.3, -0.25) is 0 Å². The van der Waals surface area contributed by atoms with Crippen molar-refractivity contribution in [2.24, 2.45) is 0 Å². The second-order valence-corrected chi connectivity index (χ2v) is 7.95. The molecule has 2 heterocycles. The van der Waals surface area contributed by atoms with Crippen LogP contribution >= 0.6 is 0 Å². The number of para-hydroxylation sites is 2. The van der Waals surface area contributed by atoms with Crippen molar-refractivity contribution in [1.29, 1.82) is 0 Å². The van der Waals surface area contributed by atoms with E-state index in [1.54, 1.807) is 11.2 Å². The van der Waals surface area contributed by atoms with Crippen molar-refractivity contribution in [3.8, 4) is 5.75 Å². The fraction of sp³-hybridized carbons (Fsp3) is 0.476. The molecule has 0 N–H and O–H groups in total. The van der Waals surface area contributed by atoms with E-state index >= 15 is 0 Å². The average molecular weight is 371 g/mol. The zero-order valence-corrected chi connectivity index (χ0v) is 16.0. The van der Waals surface area contributed by atoms with Gasteiger partial charge in [-0.25, -0.2) is 9.69 Å². The Balaban J connectivity index is 1.65. The van der Waals surface area contributed by atoms with E-state index in [0.29, 0.717) is 36.8 Å². The zero-order valence-electron chi connectivity index (χ0n) is 16.0. The highest BCUT2D eigenvalue weighted by Crippen LogP contribution is 2.42. The first kappa shape index (κ1) is 18.1. The summed E-state index contributed by atoms with van der Waals surface area (Å²) in [5.74, 6) is 0.122. The molecule has 6 nitrogen and oxygen atoms in total. The van der Waals surface area contributed by atoms with Crippen LogP contribution < -0.4 is 9.64 Å². The van der Waals surface area contributed by atoms with Gasteiger partial charge in [0.1, 0.15) is 11.9 Å². The minimum absolute atomic E-state index is 0.418. The second kappa shape index (κ2) is 6.69. The Hall–Kier alpha value is -2.31. The molecule has 1 fully saturated rings. The first-order valence-electron chi connectivity index (χ1n) is 9.33. The van der Waals surface area contributed by atoms with E-state index in [1.165, 1.54) is 0 Å². The van der Waals surface area contributed by atoms with Crippen molar-refractivity contribution in [3.63, 3.8) is 0 Å². The van der Waals surface area contributed by atoms with Gasteiger partial charge in [-0.15, -0.1) is 0 Å². The molecule has 0 unspecified atom stereocenters. The van der Waals surface area contributed by atoms with Crippen LogP contribution in [0.4, 0.5) is 10.5 Å². The molecule has 1 saturated heterocycles. The van der Waals surface area contributed by atoms with Crippen LogP contribution in [-0.4, -0.2) is 30.7 Å². The van der Waals surface area contributed by atoms with Crippen LogP contribution in [0, 0.1) is 0 Å². The van der Waals surface area contributed by atoms with E-state index in [-0.39, 0.29) is 0 Å². The van der Waals surface area contributed by atoms with Gasteiger partial charge in [0, 0.05) is 12.8 Å². The van der Waals surface area contributed by atoms with Crippen LogP contribution in [0.3, 0.4) is 0 Å². The maximum Gasteiger partial charge on any atom is 0.419 e. The predicted molar refractivity (Wildman–Crippen MR) is 100 cm³/mol. The van der Waals surface area contributed by atoms with E-state index < -0.39 is 17.5 Å². The highest BCUT2D eigenvalue weighted by atomic mass is 16.7. The molecule has 1 aromatic rings. The average Bonchev–Trinajstić information content (AvgIpc) is 3.08. The number of ether oxygens (including phenoxy) is 4. The van der Waals surface area contributed by atoms with E-state index in [4.69, 9.17) is 18.9 Å². The van der Waals surface area contributed by atoms with E-state index in [2.05, 4.69) is 6.08 Å². The van der Waals surface area contributed by atoms with Crippen molar-refractivity contribution in [2.45, 2.75) is 51.4 Å². The molecule has 144 valence electrons. The predicted octanol–water partition coefficient (Wildman–Crippen LogP) is 4.52. The Morgan fingerprint density at radius 2 is 1.93 bits per heavy atom. The van der Waals surface area contributed by atoms with Crippen LogP contribution in [0.25, 0.3) is 0 Å². The Kier molecular flexibility index (Phi) is 4.48. The van der Waals surface area contributed by atoms with Gasteiger partial charge in [-0.2, -0.15) is 0 Å². The second-order valence-electron chi connectivity index (χ2n) is 7.95. The topological polar surface area (TPSA) is 57.2 Å². The lowest BCUT2D eigenvalue weighted by Gasteiger charge is -2.36. The summed E-state index contributed by atoms with van der Waals surface area (Å²) in [4.78, 5) is 14.6. The quantitative estimate of drug-likeness (QED) is 0.727. The third-order valence-corrected chi connectivity index (χ3v) is 4.80. The van der Waals surface area contributed by atoms with Gasteiger partial charge in [0.25, 0.3) is 0 Å². The Labute approximate surface area is 159 Å². The van der Waals surface area contributed by atoms with E-state index in [0.717, 1.165) is 18.4 Å². The first-order chi connectivity index (χ1) is 12.9. The molecule has 0 bridgehead atoms. The normalized spacial score (nSPS) is 21.2. The summed E-state index contributed by atoms with van der Waals surface area (Å²) >= 11 is 0. The van der Waals surface area contributed by atoms with Gasteiger partial charge in [0.2, 0.25) is 0 Å². The molecular formula is C21H25NO5. The van der Waals surface area contributed by atoms with Crippen LogP contribution in [0.2, 0.25) is 0 Å². The van der Waals surface area contributed by atoms with Crippen molar-refractivity contribution >= 4 is 11.8 Å². The molecule has 6 heteroatoms. The first-order valence-corrected chi connectivity index (χ1v) is 9.33. The largest absolute Gasteiger partial charge is 0.461 e. The van der Waals surface area contributed by atoms with E-state index in [9.17, 15) is 4.79 Å². The number of hydrogen-bond acceptors (Lipinski definition) is 5. The van der Waals surface area contributed by atoms with E-state index in [1.807, 2.05) is 45.0 Å². The van der Waals surface area contributed by atoms with Crippen molar-refractivity contribution in [1.82, 2.24) is 0 Å². The van der Waals surface area contributed by atoms with Gasteiger partial charge in [0.15, 0.2) is 11.5 Å². The van der Waals surface area contributed by atoms with Gasteiger partial charge in [-0.05, 0) is 44.9 Å². The van der Waals surface area contributed by atoms with Crippen LogP contribution in [0.1, 0.15) is 40.0 Å². The van der Waals surface area contributed by atoms with Gasteiger partial charge in [0.05, 0.1) is 24.6 Å². The Morgan fingerprint density at radius 1 is 1.19 bits per heavy atom. The lowest BCUT2D eigenvalue weighted by Crippen LogP contribution is -2.39. The lowest BCUT2D eigenvalue weighted by molar-refractivity contribution is -0.161. The summed E-state index contributed by atoms with van der Waals surface area (Å²) < 4.78 is 23.0. The number of anilines is 1. The fourth-order valence-corrected chi connectivity index (χ4v) is 3.57. The molecule has 1 spiro atoms. The molecule has 1 amide bonds. The van der Waals surface area contributed by atoms with Crippen LogP contribution in [0.15, 0.2) is 47.9 Å². The van der Waals surface area contributed by atoms with Crippen molar-refractivity contribution in [3.05, 3.63) is 47.9 Å². The molecule has 0 aromatic heterocycles. The van der Waals surface area contributed by atoms with Crippen molar-refractivity contribution in [2.75, 3.05) is 18.1 Å².